The first-order valence-electron chi connectivity index (χ1n) is 10.2. The number of nitrogens with zero attached hydrogens (tertiary/aromatic N) is 1. The van der Waals surface area contributed by atoms with Gasteiger partial charge in [-0.05, 0) is 48.7 Å². The summed E-state index contributed by atoms with van der Waals surface area (Å²) in [6, 6.07) is 6.92. The van der Waals surface area contributed by atoms with E-state index in [4.69, 9.17) is 25.8 Å². The quantitative estimate of drug-likeness (QED) is 0.258. The molecule has 0 radical (unpaired) electrons. The van der Waals surface area contributed by atoms with Crippen LogP contribution in [0, 0.1) is 6.92 Å². The van der Waals surface area contributed by atoms with Crippen molar-refractivity contribution in [1.29, 1.82) is 0 Å². The molecule has 176 valence electrons. The van der Waals surface area contributed by atoms with Crippen molar-refractivity contribution >= 4 is 29.1 Å². The van der Waals surface area contributed by atoms with E-state index in [0.29, 0.717) is 18.6 Å². The number of aromatic hydroxyl groups is 1. The number of likely N-dealkylation sites (tertiary alicyclic amines) is 1. The molecule has 0 spiro atoms. The van der Waals surface area contributed by atoms with Crippen molar-refractivity contribution in [3.05, 3.63) is 57.6 Å². The number of phenols is 1. The summed E-state index contributed by atoms with van der Waals surface area (Å²) in [6.45, 7) is 2.37. The van der Waals surface area contributed by atoms with Crippen molar-refractivity contribution in [1.82, 2.24) is 4.90 Å². The third-order valence-electron chi connectivity index (χ3n) is 5.45. The highest BCUT2D eigenvalue weighted by Gasteiger charge is 2.46. The van der Waals surface area contributed by atoms with Crippen molar-refractivity contribution < 1.29 is 34.0 Å². The van der Waals surface area contributed by atoms with Gasteiger partial charge in [0.2, 0.25) is 0 Å². The van der Waals surface area contributed by atoms with Gasteiger partial charge in [0, 0.05) is 20.3 Å². The lowest BCUT2D eigenvalue weighted by molar-refractivity contribution is -0.140. The molecule has 0 bridgehead atoms. The van der Waals surface area contributed by atoms with Crippen LogP contribution in [-0.4, -0.2) is 61.3 Å². The number of aliphatic hydroxyl groups excluding tert-OH is 1. The summed E-state index contributed by atoms with van der Waals surface area (Å²) in [5.41, 5.74) is 1.24. The number of aliphatic hydroxyl groups is 1. The summed E-state index contributed by atoms with van der Waals surface area (Å²) < 4.78 is 15.5. The number of halogens is 1. The average Bonchev–Trinajstić information content (AvgIpc) is 3.03. The second-order valence-electron chi connectivity index (χ2n) is 7.60. The number of rotatable bonds is 8. The number of Topliss-reactive ketones (excluding diaryl/α,β-unsaturated/α-hetero) is 1. The van der Waals surface area contributed by atoms with Crippen molar-refractivity contribution in [3.8, 4) is 17.2 Å². The molecule has 1 aliphatic rings. The van der Waals surface area contributed by atoms with Gasteiger partial charge in [0.05, 0.1) is 36.4 Å². The standard InChI is InChI=1S/C24H26ClNO7/c1-13-10-15(23(33-4)16(25)11-13)21(28)19-20(14-6-7-18(32-3)17(27)12-14)26(8-5-9-31-2)24(30)22(19)29/h6-7,10-12,20,27-28H,5,8-9H2,1-4H3/b21-19+. The fourth-order valence-corrected chi connectivity index (χ4v) is 4.32. The van der Waals surface area contributed by atoms with Crippen molar-refractivity contribution in [2.45, 2.75) is 19.4 Å². The highest BCUT2D eigenvalue weighted by Crippen LogP contribution is 2.44. The van der Waals surface area contributed by atoms with E-state index >= 15 is 0 Å². The maximum absolute atomic E-state index is 13.1. The normalized spacial score (nSPS) is 17.5. The van der Waals surface area contributed by atoms with Gasteiger partial charge in [-0.25, -0.2) is 0 Å². The lowest BCUT2D eigenvalue weighted by Gasteiger charge is -2.26. The summed E-state index contributed by atoms with van der Waals surface area (Å²) in [4.78, 5) is 27.5. The summed E-state index contributed by atoms with van der Waals surface area (Å²) in [5, 5.41) is 21.9. The zero-order chi connectivity index (χ0) is 24.3. The molecular weight excluding hydrogens is 450 g/mol. The number of carbonyl (C=O) groups is 2. The second kappa shape index (κ2) is 10.1. The molecule has 8 nitrogen and oxygen atoms in total. The number of methoxy groups -OCH3 is 3. The zero-order valence-electron chi connectivity index (χ0n) is 18.8. The van der Waals surface area contributed by atoms with Crippen LogP contribution in [0.25, 0.3) is 5.76 Å². The number of phenolic OH excluding ortho intramolecular Hbond substituents is 1. The number of ether oxygens (including phenoxy) is 3. The third kappa shape index (κ3) is 4.62. The molecule has 1 heterocycles. The summed E-state index contributed by atoms with van der Waals surface area (Å²) in [5.74, 6) is -1.75. The van der Waals surface area contributed by atoms with Gasteiger partial charge in [-0.15, -0.1) is 0 Å². The van der Waals surface area contributed by atoms with Crippen molar-refractivity contribution in [3.63, 3.8) is 0 Å². The van der Waals surface area contributed by atoms with Crippen LogP contribution in [0.3, 0.4) is 0 Å². The zero-order valence-corrected chi connectivity index (χ0v) is 19.6. The van der Waals surface area contributed by atoms with E-state index < -0.39 is 23.5 Å². The molecule has 1 unspecified atom stereocenters. The van der Waals surface area contributed by atoms with E-state index in [0.717, 1.165) is 5.56 Å². The largest absolute Gasteiger partial charge is 0.507 e. The van der Waals surface area contributed by atoms with Gasteiger partial charge in [0.1, 0.15) is 11.5 Å². The molecule has 1 aliphatic heterocycles. The molecule has 33 heavy (non-hydrogen) atoms. The van der Waals surface area contributed by atoms with Crippen LogP contribution in [0.2, 0.25) is 5.02 Å². The Hall–Kier alpha value is -3.23. The molecule has 0 aliphatic carbocycles. The Morgan fingerprint density at radius 1 is 1.12 bits per heavy atom. The first-order chi connectivity index (χ1) is 15.7. The Balaban J connectivity index is 2.24. The number of aryl methyl sites for hydroxylation is 1. The number of amides is 1. The molecule has 2 aromatic rings. The molecular formula is C24H26ClNO7. The Labute approximate surface area is 196 Å². The molecule has 1 atom stereocenters. The highest BCUT2D eigenvalue weighted by atomic mass is 35.5. The van der Waals surface area contributed by atoms with Gasteiger partial charge in [-0.3, -0.25) is 9.59 Å². The van der Waals surface area contributed by atoms with Gasteiger partial charge in [-0.1, -0.05) is 17.7 Å². The Kier molecular flexibility index (Phi) is 7.50. The maximum atomic E-state index is 13.1. The van der Waals surface area contributed by atoms with Crippen LogP contribution in [0.5, 0.6) is 17.2 Å². The fraction of sp³-hybridized carbons (Fsp3) is 0.333. The lowest BCUT2D eigenvalue weighted by atomic mass is 9.94. The van der Waals surface area contributed by atoms with Crippen LogP contribution < -0.4 is 9.47 Å². The van der Waals surface area contributed by atoms with E-state index in [2.05, 4.69) is 0 Å². The predicted molar refractivity (Wildman–Crippen MR) is 123 cm³/mol. The second-order valence-corrected chi connectivity index (χ2v) is 8.00. The minimum Gasteiger partial charge on any atom is -0.507 e. The number of ketones is 1. The first kappa shape index (κ1) is 24.4. The molecule has 3 rings (SSSR count). The summed E-state index contributed by atoms with van der Waals surface area (Å²) in [6.07, 6.45) is 0.474. The predicted octanol–water partition coefficient (Wildman–Crippen LogP) is 3.83. The van der Waals surface area contributed by atoms with Crippen LogP contribution in [-0.2, 0) is 14.3 Å². The number of carbonyl (C=O) groups excluding carboxylic acids is 2. The van der Waals surface area contributed by atoms with E-state index in [1.807, 2.05) is 0 Å². The smallest absolute Gasteiger partial charge is 0.295 e. The SMILES string of the molecule is COCCCN1C(=O)C(=O)/C(=C(/O)c2cc(C)cc(Cl)c2OC)C1c1ccc(OC)c(O)c1. The number of hydrogen-bond donors (Lipinski definition) is 2. The van der Waals surface area contributed by atoms with Gasteiger partial charge in [-0.2, -0.15) is 0 Å². The van der Waals surface area contributed by atoms with Gasteiger partial charge in [0.25, 0.3) is 11.7 Å². The Bertz CT molecular complexity index is 1110. The molecule has 2 aromatic carbocycles. The van der Waals surface area contributed by atoms with E-state index in [9.17, 15) is 19.8 Å². The lowest BCUT2D eigenvalue weighted by Crippen LogP contribution is -2.31. The third-order valence-corrected chi connectivity index (χ3v) is 5.73. The molecule has 1 saturated heterocycles. The van der Waals surface area contributed by atoms with E-state index in [-0.39, 0.29) is 40.0 Å². The Morgan fingerprint density at radius 3 is 2.45 bits per heavy atom. The topological polar surface area (TPSA) is 106 Å². The maximum Gasteiger partial charge on any atom is 0.295 e. The molecule has 2 N–H and O–H groups in total. The minimum absolute atomic E-state index is 0.123. The summed E-state index contributed by atoms with van der Waals surface area (Å²) in [7, 11) is 4.36. The molecule has 0 saturated carbocycles. The van der Waals surface area contributed by atoms with Crippen molar-refractivity contribution in [2.24, 2.45) is 0 Å². The number of benzene rings is 2. The molecule has 1 amide bonds. The molecule has 9 heteroatoms. The van der Waals surface area contributed by atoms with Crippen LogP contribution >= 0.6 is 11.6 Å². The average molecular weight is 476 g/mol. The van der Waals surface area contributed by atoms with E-state index in [1.54, 1.807) is 32.2 Å². The molecule has 1 fully saturated rings. The van der Waals surface area contributed by atoms with Crippen molar-refractivity contribution in [2.75, 3.05) is 34.5 Å². The van der Waals surface area contributed by atoms with Crippen LogP contribution in [0.1, 0.15) is 29.2 Å². The highest BCUT2D eigenvalue weighted by molar-refractivity contribution is 6.46. The minimum atomic E-state index is -0.942. The van der Waals surface area contributed by atoms with Gasteiger partial charge < -0.3 is 29.3 Å². The van der Waals surface area contributed by atoms with Gasteiger partial charge >= 0.3 is 0 Å². The van der Waals surface area contributed by atoms with Gasteiger partial charge in [0.15, 0.2) is 11.5 Å². The first-order valence-corrected chi connectivity index (χ1v) is 10.6. The fourth-order valence-electron chi connectivity index (χ4n) is 3.97. The number of hydrogen-bond acceptors (Lipinski definition) is 7. The monoisotopic (exact) mass is 475 g/mol. The van der Waals surface area contributed by atoms with Crippen LogP contribution in [0.15, 0.2) is 35.9 Å². The van der Waals surface area contributed by atoms with E-state index in [1.165, 1.54) is 31.3 Å². The Morgan fingerprint density at radius 2 is 1.85 bits per heavy atom. The molecule has 0 aromatic heterocycles. The van der Waals surface area contributed by atoms with Crippen LogP contribution in [0.4, 0.5) is 0 Å². The summed E-state index contributed by atoms with van der Waals surface area (Å²) >= 11 is 6.29.